The van der Waals surface area contributed by atoms with Crippen LogP contribution in [-0.4, -0.2) is 70.0 Å². The molecule has 0 aliphatic carbocycles. The van der Waals surface area contributed by atoms with Crippen molar-refractivity contribution in [1.29, 1.82) is 0 Å². The molecular weight excluding hydrogens is 566 g/mol. The molecule has 0 aromatic heterocycles. The van der Waals surface area contributed by atoms with E-state index >= 15 is 0 Å². The highest BCUT2D eigenvalue weighted by Crippen LogP contribution is 2.47. The van der Waals surface area contributed by atoms with Crippen molar-refractivity contribution in [1.82, 2.24) is 10.2 Å². The van der Waals surface area contributed by atoms with Gasteiger partial charge in [0.25, 0.3) is 11.6 Å². The molecule has 3 heterocycles. The third kappa shape index (κ3) is 6.23. The molecule has 3 aliphatic rings. The number of benzene rings is 2. The Hall–Kier alpha value is -4.13. The van der Waals surface area contributed by atoms with Crippen LogP contribution in [0.1, 0.15) is 50.2 Å². The summed E-state index contributed by atoms with van der Waals surface area (Å²) in [5.41, 5.74) is -0.473. The maximum absolute atomic E-state index is 13.9. The minimum absolute atomic E-state index is 0.0385. The summed E-state index contributed by atoms with van der Waals surface area (Å²) in [5.74, 6) is -1.72. The van der Waals surface area contributed by atoms with E-state index in [1.54, 1.807) is 48.2 Å². The smallest absolute Gasteiger partial charge is 0.269 e. The zero-order valence-electron chi connectivity index (χ0n) is 24.8. The minimum atomic E-state index is -2.09. The number of aliphatic hydroxyl groups is 2. The van der Waals surface area contributed by atoms with E-state index in [0.29, 0.717) is 24.5 Å². The van der Waals surface area contributed by atoms with Crippen LogP contribution in [0, 0.1) is 22.0 Å². The van der Waals surface area contributed by atoms with Crippen molar-refractivity contribution in [2.24, 2.45) is 11.8 Å². The van der Waals surface area contributed by atoms with Gasteiger partial charge in [0.1, 0.15) is 0 Å². The summed E-state index contributed by atoms with van der Waals surface area (Å²) >= 11 is 0. The molecule has 2 aromatic carbocycles. The van der Waals surface area contributed by atoms with Crippen molar-refractivity contribution >= 4 is 34.8 Å². The molecule has 2 fully saturated rings. The van der Waals surface area contributed by atoms with E-state index in [0.717, 1.165) is 37.8 Å². The number of hydrogen-bond acceptors (Lipinski definition) is 8. The van der Waals surface area contributed by atoms with Crippen LogP contribution in [0.25, 0.3) is 0 Å². The maximum atomic E-state index is 13.9. The lowest BCUT2D eigenvalue weighted by molar-refractivity contribution is -0.385. The first-order valence-corrected chi connectivity index (χ1v) is 15.1. The fraction of sp³-hybridized carbons (Fsp3) is 0.469. The van der Waals surface area contributed by atoms with E-state index in [-0.39, 0.29) is 54.6 Å². The van der Waals surface area contributed by atoms with Crippen molar-refractivity contribution < 1.29 is 29.5 Å². The van der Waals surface area contributed by atoms with E-state index in [9.17, 15) is 34.7 Å². The van der Waals surface area contributed by atoms with Gasteiger partial charge in [-0.15, -0.1) is 0 Å². The lowest BCUT2D eigenvalue weighted by Gasteiger charge is -2.28. The van der Waals surface area contributed by atoms with Crippen LogP contribution in [0.2, 0.25) is 0 Å². The second-order valence-electron chi connectivity index (χ2n) is 11.8. The number of aliphatic hydroxyl groups excluding tert-OH is 1. The second-order valence-corrected chi connectivity index (χ2v) is 11.8. The number of nitro benzene ring substituents is 1. The highest BCUT2D eigenvalue weighted by atomic mass is 16.6. The third-order valence-corrected chi connectivity index (χ3v) is 8.98. The number of carbonyl (C=O) groups excluding carboxylic acids is 3. The summed E-state index contributed by atoms with van der Waals surface area (Å²) in [7, 11) is 0. The molecule has 1 unspecified atom stereocenters. The van der Waals surface area contributed by atoms with Gasteiger partial charge in [0.15, 0.2) is 5.60 Å². The number of non-ortho nitro benzene ring substituents is 1. The highest BCUT2D eigenvalue weighted by molar-refractivity contribution is 6.07. The minimum Gasteiger partial charge on any atom is -0.394 e. The number of fused-ring (bicyclic) bond motifs is 1. The molecule has 0 radical (unpaired) electrons. The van der Waals surface area contributed by atoms with Gasteiger partial charge in [-0.05, 0) is 56.0 Å². The summed E-state index contributed by atoms with van der Waals surface area (Å²) in [4.78, 5) is 53.3. The lowest BCUT2D eigenvalue weighted by Crippen LogP contribution is -2.44. The average molecular weight is 606 g/mol. The maximum Gasteiger partial charge on any atom is 0.269 e. The molecule has 0 bridgehead atoms. The monoisotopic (exact) mass is 605 g/mol. The topological polar surface area (TPSA) is 165 Å². The highest BCUT2D eigenvalue weighted by Gasteiger charge is 2.53. The Kier molecular flexibility index (Phi) is 9.42. The van der Waals surface area contributed by atoms with Gasteiger partial charge in [0, 0.05) is 48.8 Å². The van der Waals surface area contributed by atoms with Crippen molar-refractivity contribution in [3.63, 3.8) is 0 Å². The molecule has 0 saturated carbocycles. The average Bonchev–Trinajstić information content (AvgIpc) is 3.60. The van der Waals surface area contributed by atoms with Crippen LogP contribution >= 0.6 is 0 Å². The Balaban J connectivity index is 1.33. The van der Waals surface area contributed by atoms with Crippen molar-refractivity contribution in [3.8, 4) is 0 Å². The zero-order chi connectivity index (χ0) is 31.4. The number of nitrogens with one attached hydrogen (secondary N) is 2. The standard InChI is InChI=1S/C32H39N5O7/c1-21(5-2-8-29(39)35-16-4-7-26(35)20-38)32(42)27-17-25(37(43)44)13-14-28(27)36(31(32)41)19-22-9-11-24(12-10-22)34-30(40)23-6-3-15-33-18-23/h2,5,9-14,17,21,23,26,33,38,42H,3-4,6-8,15-16,18-20H2,1H3,(H,34,40)/b5-2+/t21-,23?,26-,32+/m0/s1. The van der Waals surface area contributed by atoms with Crippen LogP contribution < -0.4 is 15.5 Å². The molecule has 4 atom stereocenters. The normalized spacial score (nSPS) is 24.0. The molecule has 234 valence electrons. The van der Waals surface area contributed by atoms with Crippen LogP contribution in [0.5, 0.6) is 0 Å². The van der Waals surface area contributed by atoms with Crippen LogP contribution in [-0.2, 0) is 26.5 Å². The molecule has 4 N–H and O–H groups in total. The summed E-state index contributed by atoms with van der Waals surface area (Å²) in [5, 5.41) is 39.2. The van der Waals surface area contributed by atoms with Gasteiger partial charge in [-0.1, -0.05) is 31.2 Å². The first-order chi connectivity index (χ1) is 21.1. The van der Waals surface area contributed by atoms with Crippen molar-refractivity contribution in [2.45, 2.75) is 57.2 Å². The predicted molar refractivity (Wildman–Crippen MR) is 164 cm³/mol. The zero-order valence-corrected chi connectivity index (χ0v) is 24.8. The van der Waals surface area contributed by atoms with E-state index < -0.39 is 22.3 Å². The van der Waals surface area contributed by atoms with Gasteiger partial charge in [0.2, 0.25) is 11.8 Å². The van der Waals surface area contributed by atoms with E-state index in [1.165, 1.54) is 23.1 Å². The SMILES string of the molecule is C[C@@H](/C=C/CC(=O)N1CCC[C@H]1CO)[C@]1(O)C(=O)N(Cc2ccc(NC(=O)C3CCCNC3)cc2)c2ccc([N+](=O)[O-])cc21. The molecule has 2 saturated heterocycles. The Morgan fingerprint density at radius 1 is 1.20 bits per heavy atom. The number of anilines is 2. The number of piperidine rings is 1. The molecular formula is C32H39N5O7. The number of amides is 3. The number of nitro groups is 1. The lowest BCUT2D eigenvalue weighted by atomic mass is 9.82. The van der Waals surface area contributed by atoms with Gasteiger partial charge in [-0.25, -0.2) is 0 Å². The van der Waals surface area contributed by atoms with Crippen molar-refractivity contribution in [2.75, 3.05) is 36.5 Å². The van der Waals surface area contributed by atoms with Crippen molar-refractivity contribution in [3.05, 3.63) is 75.9 Å². The Labute approximate surface area is 255 Å². The Morgan fingerprint density at radius 2 is 1.98 bits per heavy atom. The summed E-state index contributed by atoms with van der Waals surface area (Å²) < 4.78 is 0. The molecule has 2 aromatic rings. The molecule has 12 nitrogen and oxygen atoms in total. The first-order valence-electron chi connectivity index (χ1n) is 15.1. The number of carbonyl (C=O) groups is 3. The molecule has 5 rings (SSSR count). The third-order valence-electron chi connectivity index (χ3n) is 8.98. The molecule has 44 heavy (non-hydrogen) atoms. The molecule has 3 aliphatic heterocycles. The van der Waals surface area contributed by atoms with Gasteiger partial charge in [-0.3, -0.25) is 24.5 Å². The van der Waals surface area contributed by atoms with E-state index in [2.05, 4.69) is 10.6 Å². The molecule has 0 spiro atoms. The number of likely N-dealkylation sites (tertiary alicyclic amines) is 1. The largest absolute Gasteiger partial charge is 0.394 e. The van der Waals surface area contributed by atoms with E-state index in [4.69, 9.17) is 0 Å². The van der Waals surface area contributed by atoms with E-state index in [1.807, 2.05) is 0 Å². The fourth-order valence-electron chi connectivity index (χ4n) is 6.38. The number of nitrogens with zero attached hydrogens (tertiary/aromatic N) is 3. The summed E-state index contributed by atoms with van der Waals surface area (Å²) in [6.07, 6.45) is 6.59. The Bertz CT molecular complexity index is 1440. The summed E-state index contributed by atoms with van der Waals surface area (Å²) in [6, 6.07) is 10.9. The second kappa shape index (κ2) is 13.2. The van der Waals surface area contributed by atoms with Crippen LogP contribution in [0.15, 0.2) is 54.6 Å². The first kappa shape index (κ1) is 31.3. The predicted octanol–water partition coefficient (Wildman–Crippen LogP) is 2.83. The van der Waals surface area contributed by atoms with Crippen LogP contribution in [0.4, 0.5) is 17.1 Å². The quantitative estimate of drug-likeness (QED) is 0.182. The van der Waals surface area contributed by atoms with Gasteiger partial charge >= 0.3 is 0 Å². The Morgan fingerprint density at radius 3 is 2.66 bits per heavy atom. The number of rotatable bonds is 10. The molecule has 3 amide bonds. The molecule has 12 heteroatoms. The summed E-state index contributed by atoms with van der Waals surface area (Å²) in [6.45, 7) is 3.77. The van der Waals surface area contributed by atoms with Gasteiger partial charge in [0.05, 0.1) is 35.7 Å². The fourth-order valence-corrected chi connectivity index (χ4v) is 6.38. The van der Waals surface area contributed by atoms with Gasteiger partial charge in [-0.2, -0.15) is 0 Å². The number of hydrogen-bond donors (Lipinski definition) is 4. The van der Waals surface area contributed by atoms with Crippen LogP contribution in [0.3, 0.4) is 0 Å². The van der Waals surface area contributed by atoms with Gasteiger partial charge < -0.3 is 30.6 Å².